The van der Waals surface area contributed by atoms with E-state index >= 15 is 0 Å². The van der Waals surface area contributed by atoms with E-state index in [-0.39, 0.29) is 40.6 Å². The summed E-state index contributed by atoms with van der Waals surface area (Å²) < 4.78 is 6.17. The van der Waals surface area contributed by atoms with Crippen molar-refractivity contribution in [3.63, 3.8) is 0 Å². The van der Waals surface area contributed by atoms with Crippen LogP contribution in [0.1, 0.15) is 70.2 Å². The smallest absolute Gasteiger partial charge is 0.325 e. The third kappa shape index (κ3) is 5.16. The predicted molar refractivity (Wildman–Crippen MR) is 154 cm³/mol. The van der Waals surface area contributed by atoms with Crippen LogP contribution in [-0.4, -0.2) is 46.6 Å². The van der Waals surface area contributed by atoms with Gasteiger partial charge in [-0.2, -0.15) is 0 Å². The lowest BCUT2D eigenvalue weighted by molar-refractivity contribution is -0.206. The molecule has 0 aromatic heterocycles. The molecule has 0 unspecified atom stereocenters. The van der Waals surface area contributed by atoms with E-state index in [9.17, 15) is 19.5 Å². The quantitative estimate of drug-likeness (QED) is 0.262. The van der Waals surface area contributed by atoms with Gasteiger partial charge in [-0.3, -0.25) is 19.7 Å². The minimum Gasteiger partial charge on any atom is -0.460 e. The second kappa shape index (κ2) is 10.9. The Morgan fingerprint density at radius 2 is 1.90 bits per heavy atom. The van der Waals surface area contributed by atoms with Gasteiger partial charge >= 0.3 is 5.97 Å². The molecule has 9 heteroatoms. The summed E-state index contributed by atoms with van der Waals surface area (Å²) in [4.78, 5) is 39.1. The highest BCUT2D eigenvalue weighted by atomic mass is 35.5. The molecule has 1 aromatic carbocycles. The largest absolute Gasteiger partial charge is 0.460 e. The van der Waals surface area contributed by atoms with Crippen molar-refractivity contribution < 1.29 is 24.2 Å². The molecule has 0 aliphatic heterocycles. The van der Waals surface area contributed by atoms with Crippen molar-refractivity contribution in [1.29, 1.82) is 0 Å². The first-order chi connectivity index (χ1) is 18.3. The second-order valence-corrected chi connectivity index (χ2v) is 13.1. The Hall–Kier alpha value is -2.29. The first kappa shape index (κ1) is 29.7. The molecule has 3 N–H and O–H groups in total. The Morgan fingerprint density at radius 1 is 1.23 bits per heavy atom. The number of hydrogen-bond donors (Lipinski definition) is 3. The van der Waals surface area contributed by atoms with Crippen LogP contribution in [0.3, 0.4) is 0 Å². The third-order valence-corrected chi connectivity index (χ3v) is 10.8. The van der Waals surface area contributed by atoms with E-state index in [2.05, 4.69) is 38.0 Å². The van der Waals surface area contributed by atoms with Gasteiger partial charge in [0.25, 0.3) is 5.91 Å². The molecule has 2 bridgehead atoms. The number of aliphatic hydroxyl groups is 1. The number of thiocarbonyl (C=S) groups is 1. The summed E-state index contributed by atoms with van der Waals surface area (Å²) in [6.45, 7) is 12.0. The van der Waals surface area contributed by atoms with E-state index in [4.69, 9.17) is 28.6 Å². The van der Waals surface area contributed by atoms with E-state index < -0.39 is 34.9 Å². The van der Waals surface area contributed by atoms with E-state index in [1.807, 2.05) is 6.92 Å². The Kier molecular flexibility index (Phi) is 8.33. The van der Waals surface area contributed by atoms with Gasteiger partial charge in [-0.05, 0) is 79.4 Å². The van der Waals surface area contributed by atoms with Crippen molar-refractivity contribution in [3.05, 3.63) is 47.5 Å². The van der Waals surface area contributed by atoms with Gasteiger partial charge in [0, 0.05) is 33.8 Å². The highest BCUT2D eigenvalue weighted by Crippen LogP contribution is 2.67. The average molecular weight is 575 g/mol. The Morgan fingerprint density at radius 3 is 2.54 bits per heavy atom. The number of nitrogens with one attached hydrogen (secondary N) is 2. The van der Waals surface area contributed by atoms with Crippen LogP contribution in [-0.2, 0) is 14.3 Å². The zero-order valence-corrected chi connectivity index (χ0v) is 24.7. The third-order valence-electron chi connectivity index (χ3n) is 10.3. The molecule has 3 aliphatic rings. The maximum Gasteiger partial charge on any atom is 0.325 e. The molecule has 3 saturated carbocycles. The standard InChI is InChI=1S/C30H39ClN2O5S/c1-6-28(4)15-22(38-23(35)16-32-27(39)33-26(37)19-7-9-20(31)10-8-19)29(5)17(2)11-13-30(18(3)25(28)36)14-12-21(34)24(29)30/h6-10,17-18,22,24-25,36H,1,11-16H2,2-5H3,(H2,32,33,37,39)/t17-,18+,22-,24+,25+,28-,29+,30+/m1/s1. The number of rotatable bonds is 5. The van der Waals surface area contributed by atoms with E-state index in [1.54, 1.807) is 30.3 Å². The number of Topliss-reactive ketones (excluding diaryl/α,β-unsaturated/α-hetero) is 1. The molecule has 1 amide bonds. The summed E-state index contributed by atoms with van der Waals surface area (Å²) in [6, 6.07) is 6.35. The zero-order chi connectivity index (χ0) is 28.8. The van der Waals surface area contributed by atoms with Gasteiger partial charge < -0.3 is 15.2 Å². The van der Waals surface area contributed by atoms with Crippen LogP contribution in [0.2, 0.25) is 5.02 Å². The van der Waals surface area contributed by atoms with E-state index in [0.717, 1.165) is 19.3 Å². The zero-order valence-electron chi connectivity index (χ0n) is 23.1. The van der Waals surface area contributed by atoms with Crippen LogP contribution < -0.4 is 10.6 Å². The van der Waals surface area contributed by atoms with Crippen LogP contribution in [0.25, 0.3) is 0 Å². The summed E-state index contributed by atoms with van der Waals surface area (Å²) in [5, 5.41) is 17.4. The summed E-state index contributed by atoms with van der Waals surface area (Å²) in [7, 11) is 0. The fraction of sp³-hybridized carbons (Fsp3) is 0.600. The van der Waals surface area contributed by atoms with Gasteiger partial charge in [0.1, 0.15) is 18.4 Å². The number of benzene rings is 1. The van der Waals surface area contributed by atoms with Gasteiger partial charge in [0.15, 0.2) is 5.11 Å². The minimum absolute atomic E-state index is 0.00743. The Balaban J connectivity index is 1.53. The topological polar surface area (TPSA) is 105 Å². The number of aliphatic hydroxyl groups excluding tert-OH is 1. The fourth-order valence-corrected chi connectivity index (χ4v) is 7.97. The molecule has 3 aliphatic carbocycles. The van der Waals surface area contributed by atoms with E-state index in [0.29, 0.717) is 23.4 Å². The Bertz CT molecular complexity index is 1170. The monoisotopic (exact) mass is 574 g/mol. The lowest BCUT2D eigenvalue weighted by atomic mass is 9.44. The minimum atomic E-state index is -0.726. The first-order valence-corrected chi connectivity index (χ1v) is 14.5. The van der Waals surface area contributed by atoms with Crippen molar-refractivity contribution in [1.82, 2.24) is 10.6 Å². The molecule has 0 radical (unpaired) electrons. The molecule has 4 rings (SSSR count). The SMILES string of the molecule is C=C[C@]1(C)C[C@@H](OC(=O)CNC(=S)NC(=O)c2ccc(Cl)cc2)[C@]2(C)[C@H](C)CC[C@]3(CCC(=O)[C@H]32)[C@@H](C)[C@@H]1O. The number of halogens is 1. The van der Waals surface area contributed by atoms with Crippen LogP contribution >= 0.6 is 23.8 Å². The number of ether oxygens (including phenoxy) is 1. The lowest BCUT2D eigenvalue weighted by Gasteiger charge is -2.61. The number of carbonyl (C=O) groups excluding carboxylic acids is 3. The van der Waals surface area contributed by atoms with Gasteiger partial charge in [-0.25, -0.2) is 0 Å². The molecule has 0 heterocycles. The lowest BCUT2D eigenvalue weighted by Crippen LogP contribution is -2.63. The molecule has 3 fully saturated rings. The number of hydrogen-bond acceptors (Lipinski definition) is 6. The normalized spacial score (nSPS) is 37.6. The maximum absolute atomic E-state index is 13.5. The number of amides is 1. The molecule has 39 heavy (non-hydrogen) atoms. The molecule has 0 spiro atoms. The van der Waals surface area contributed by atoms with Crippen LogP contribution in [0.15, 0.2) is 36.9 Å². The van der Waals surface area contributed by atoms with Crippen molar-refractivity contribution in [2.45, 2.75) is 72.0 Å². The van der Waals surface area contributed by atoms with Gasteiger partial charge in [-0.15, -0.1) is 6.58 Å². The molecule has 7 nitrogen and oxygen atoms in total. The van der Waals surface area contributed by atoms with Gasteiger partial charge in [-0.1, -0.05) is 45.4 Å². The molecular formula is C30H39ClN2O5S. The second-order valence-electron chi connectivity index (χ2n) is 12.2. The van der Waals surface area contributed by atoms with Crippen molar-refractivity contribution in [3.8, 4) is 0 Å². The van der Waals surface area contributed by atoms with Crippen LogP contribution in [0.4, 0.5) is 0 Å². The van der Waals surface area contributed by atoms with E-state index in [1.165, 1.54) is 0 Å². The molecule has 0 saturated heterocycles. The van der Waals surface area contributed by atoms with Gasteiger partial charge in [0.2, 0.25) is 0 Å². The molecular weight excluding hydrogens is 536 g/mol. The number of carbonyl (C=O) groups is 3. The summed E-state index contributed by atoms with van der Waals surface area (Å²) in [5.41, 5.74) is -1.26. The summed E-state index contributed by atoms with van der Waals surface area (Å²) in [5.74, 6) is -1.02. The summed E-state index contributed by atoms with van der Waals surface area (Å²) in [6.07, 6.45) is 3.78. The first-order valence-electron chi connectivity index (χ1n) is 13.7. The highest BCUT2D eigenvalue weighted by molar-refractivity contribution is 7.80. The Labute approximate surface area is 241 Å². The fourth-order valence-electron chi connectivity index (χ4n) is 7.67. The van der Waals surface area contributed by atoms with Crippen molar-refractivity contribution >= 4 is 46.6 Å². The van der Waals surface area contributed by atoms with Gasteiger partial charge in [0.05, 0.1) is 6.10 Å². The average Bonchev–Trinajstić information content (AvgIpc) is 3.26. The highest BCUT2D eigenvalue weighted by Gasteiger charge is 2.68. The van der Waals surface area contributed by atoms with Crippen LogP contribution in [0, 0.1) is 34.0 Å². The molecule has 8 atom stereocenters. The molecule has 212 valence electrons. The molecule has 1 aromatic rings. The summed E-state index contributed by atoms with van der Waals surface area (Å²) >= 11 is 11.1. The van der Waals surface area contributed by atoms with Crippen molar-refractivity contribution in [2.75, 3.05) is 6.54 Å². The maximum atomic E-state index is 13.5. The predicted octanol–water partition coefficient (Wildman–Crippen LogP) is 4.85. The van der Waals surface area contributed by atoms with Crippen molar-refractivity contribution in [2.24, 2.45) is 34.0 Å². The number of ketones is 1. The van der Waals surface area contributed by atoms with Crippen LogP contribution in [0.5, 0.6) is 0 Å². The number of esters is 1.